The first-order valence-electron chi connectivity index (χ1n) is 4.45. The molecule has 0 heterocycles. The fourth-order valence-electron chi connectivity index (χ4n) is 1.52. The van der Waals surface area contributed by atoms with Gasteiger partial charge in [-0.1, -0.05) is 0 Å². The van der Waals surface area contributed by atoms with Gasteiger partial charge in [0.05, 0.1) is 12.7 Å². The highest BCUT2D eigenvalue weighted by atomic mass is 19.3. The molecule has 15 heavy (non-hydrogen) atoms. The average Bonchev–Trinajstić information content (AvgIpc) is 2.15. The summed E-state index contributed by atoms with van der Waals surface area (Å²) in [5, 5.41) is 0. The molecule has 0 amide bonds. The summed E-state index contributed by atoms with van der Waals surface area (Å²) in [5.74, 6) is 0.0166. The number of rotatable bonds is 3. The number of hydrogen-bond donors (Lipinski definition) is 0. The third-order valence-corrected chi connectivity index (χ3v) is 2.15. The zero-order valence-corrected chi connectivity index (χ0v) is 8.80. The van der Waals surface area contributed by atoms with Crippen LogP contribution >= 0.6 is 0 Å². The van der Waals surface area contributed by atoms with Crippen molar-refractivity contribution >= 4 is 5.78 Å². The molecule has 0 aromatic heterocycles. The van der Waals surface area contributed by atoms with E-state index in [0.29, 0.717) is 11.1 Å². The minimum absolute atomic E-state index is 0.130. The number of alkyl halides is 2. The van der Waals surface area contributed by atoms with E-state index in [2.05, 4.69) is 0 Å². The van der Waals surface area contributed by atoms with Gasteiger partial charge in [0.1, 0.15) is 5.75 Å². The van der Waals surface area contributed by atoms with Crippen LogP contribution in [0.5, 0.6) is 5.75 Å². The molecule has 0 bridgehead atoms. The maximum Gasteiger partial charge on any atom is 0.263 e. The van der Waals surface area contributed by atoms with Crippen LogP contribution in [-0.4, -0.2) is 12.9 Å². The minimum Gasteiger partial charge on any atom is -0.496 e. The third kappa shape index (κ3) is 2.32. The highest BCUT2D eigenvalue weighted by Crippen LogP contribution is 2.29. The van der Waals surface area contributed by atoms with Crippen molar-refractivity contribution in [1.29, 1.82) is 0 Å². The number of carbonyl (C=O) groups is 1. The van der Waals surface area contributed by atoms with Crippen molar-refractivity contribution in [2.75, 3.05) is 7.11 Å². The molecule has 2 nitrogen and oxygen atoms in total. The molecule has 1 rings (SSSR count). The fraction of sp³-hybridized carbons (Fsp3) is 0.364. The molecule has 0 spiro atoms. The SMILES string of the molecule is COc1cc(C(F)F)cc(C)c1C(C)=O. The lowest BCUT2D eigenvalue weighted by Gasteiger charge is -2.11. The maximum atomic E-state index is 12.5. The second-order valence-corrected chi connectivity index (χ2v) is 3.27. The Morgan fingerprint density at radius 1 is 1.40 bits per heavy atom. The number of Topliss-reactive ketones (excluding diaryl/α,β-unsaturated/α-hetero) is 1. The Morgan fingerprint density at radius 2 is 2.00 bits per heavy atom. The Labute approximate surface area is 86.9 Å². The summed E-state index contributed by atoms with van der Waals surface area (Å²) in [7, 11) is 1.36. The third-order valence-electron chi connectivity index (χ3n) is 2.15. The van der Waals surface area contributed by atoms with E-state index in [1.165, 1.54) is 26.2 Å². The van der Waals surface area contributed by atoms with Crippen LogP contribution in [-0.2, 0) is 0 Å². The van der Waals surface area contributed by atoms with Crippen molar-refractivity contribution in [2.24, 2.45) is 0 Å². The largest absolute Gasteiger partial charge is 0.496 e. The zero-order chi connectivity index (χ0) is 11.6. The van der Waals surface area contributed by atoms with Gasteiger partial charge in [0.2, 0.25) is 0 Å². The van der Waals surface area contributed by atoms with Crippen LogP contribution in [0.1, 0.15) is 34.8 Å². The number of aryl methyl sites for hydroxylation is 1. The van der Waals surface area contributed by atoms with E-state index in [4.69, 9.17) is 4.74 Å². The molecule has 0 atom stereocenters. The Morgan fingerprint density at radius 3 is 2.40 bits per heavy atom. The number of benzene rings is 1. The smallest absolute Gasteiger partial charge is 0.263 e. The Balaban J connectivity index is 3.37. The molecule has 0 aliphatic rings. The van der Waals surface area contributed by atoms with Crippen molar-refractivity contribution in [3.8, 4) is 5.75 Å². The second-order valence-electron chi connectivity index (χ2n) is 3.27. The quantitative estimate of drug-likeness (QED) is 0.722. The standard InChI is InChI=1S/C11H12F2O2/c1-6-4-8(11(12)13)5-9(15-3)10(6)7(2)14/h4-5,11H,1-3H3. The normalized spacial score (nSPS) is 10.5. The molecule has 0 fully saturated rings. The molecule has 0 aliphatic carbocycles. The van der Waals surface area contributed by atoms with Gasteiger partial charge < -0.3 is 4.74 Å². The Kier molecular flexibility index (Phi) is 3.39. The summed E-state index contributed by atoms with van der Waals surface area (Å²) in [6.45, 7) is 3.00. The Hall–Kier alpha value is -1.45. The van der Waals surface area contributed by atoms with E-state index < -0.39 is 6.43 Å². The number of carbonyl (C=O) groups excluding carboxylic acids is 1. The molecular formula is C11H12F2O2. The van der Waals surface area contributed by atoms with Crippen molar-refractivity contribution in [3.63, 3.8) is 0 Å². The van der Waals surface area contributed by atoms with E-state index >= 15 is 0 Å². The van der Waals surface area contributed by atoms with E-state index in [1.807, 2.05) is 0 Å². The molecule has 82 valence electrons. The molecule has 0 saturated carbocycles. The van der Waals surface area contributed by atoms with Crippen LogP contribution in [0.15, 0.2) is 12.1 Å². The predicted octanol–water partition coefficient (Wildman–Crippen LogP) is 3.14. The molecule has 4 heteroatoms. The second kappa shape index (κ2) is 4.38. The maximum absolute atomic E-state index is 12.5. The van der Waals surface area contributed by atoms with E-state index in [1.54, 1.807) is 6.92 Å². The molecule has 1 aromatic carbocycles. The van der Waals surface area contributed by atoms with Crippen molar-refractivity contribution in [1.82, 2.24) is 0 Å². The molecule has 0 radical (unpaired) electrons. The first kappa shape index (κ1) is 11.6. The van der Waals surface area contributed by atoms with Gasteiger partial charge in [-0.2, -0.15) is 0 Å². The van der Waals surface area contributed by atoms with Crippen LogP contribution in [0.4, 0.5) is 8.78 Å². The number of halogens is 2. The van der Waals surface area contributed by atoms with Crippen molar-refractivity contribution < 1.29 is 18.3 Å². The lowest BCUT2D eigenvalue weighted by molar-refractivity contribution is 0.101. The van der Waals surface area contributed by atoms with Crippen LogP contribution in [0.2, 0.25) is 0 Å². The predicted molar refractivity (Wildman–Crippen MR) is 52.7 cm³/mol. The van der Waals surface area contributed by atoms with E-state index in [0.717, 1.165) is 0 Å². The summed E-state index contributed by atoms with van der Waals surface area (Å²) in [4.78, 5) is 11.3. The van der Waals surface area contributed by atoms with Gasteiger partial charge >= 0.3 is 0 Å². The van der Waals surface area contributed by atoms with Crippen LogP contribution in [0.3, 0.4) is 0 Å². The number of methoxy groups -OCH3 is 1. The van der Waals surface area contributed by atoms with Gasteiger partial charge in [-0.15, -0.1) is 0 Å². The minimum atomic E-state index is -2.56. The molecule has 1 aromatic rings. The summed E-state index contributed by atoms with van der Waals surface area (Å²) in [6.07, 6.45) is -2.56. The lowest BCUT2D eigenvalue weighted by atomic mass is 10.0. The summed E-state index contributed by atoms with van der Waals surface area (Å²) >= 11 is 0. The molecule has 0 aliphatic heterocycles. The number of ketones is 1. The van der Waals surface area contributed by atoms with Gasteiger partial charge in [-0.25, -0.2) is 8.78 Å². The van der Waals surface area contributed by atoms with Gasteiger partial charge in [-0.3, -0.25) is 4.79 Å². The van der Waals surface area contributed by atoms with Gasteiger partial charge in [0.15, 0.2) is 5.78 Å². The topological polar surface area (TPSA) is 26.3 Å². The van der Waals surface area contributed by atoms with E-state index in [9.17, 15) is 13.6 Å². The lowest BCUT2D eigenvalue weighted by Crippen LogP contribution is -2.02. The highest BCUT2D eigenvalue weighted by Gasteiger charge is 2.16. The molecular weight excluding hydrogens is 202 g/mol. The van der Waals surface area contributed by atoms with Crippen LogP contribution in [0.25, 0.3) is 0 Å². The average molecular weight is 214 g/mol. The molecule has 0 N–H and O–H groups in total. The van der Waals surface area contributed by atoms with Crippen molar-refractivity contribution in [2.45, 2.75) is 20.3 Å². The first-order chi connectivity index (χ1) is 6.97. The molecule has 0 unspecified atom stereocenters. The van der Waals surface area contributed by atoms with Crippen molar-refractivity contribution in [3.05, 3.63) is 28.8 Å². The summed E-state index contributed by atoms with van der Waals surface area (Å²) < 4.78 is 29.8. The zero-order valence-electron chi connectivity index (χ0n) is 8.80. The number of hydrogen-bond acceptors (Lipinski definition) is 2. The van der Waals surface area contributed by atoms with Crippen LogP contribution in [0, 0.1) is 6.92 Å². The highest BCUT2D eigenvalue weighted by molar-refractivity contribution is 5.98. The fourth-order valence-corrected chi connectivity index (χ4v) is 1.52. The Bertz CT molecular complexity index is 386. The molecule has 0 saturated heterocycles. The van der Waals surface area contributed by atoms with Crippen LogP contribution < -0.4 is 4.74 Å². The van der Waals surface area contributed by atoms with Gasteiger partial charge in [-0.05, 0) is 31.5 Å². The summed E-state index contributed by atoms with van der Waals surface area (Å²) in [5.41, 5.74) is 0.744. The summed E-state index contributed by atoms with van der Waals surface area (Å²) in [6, 6.07) is 2.51. The first-order valence-corrected chi connectivity index (χ1v) is 4.45. The monoisotopic (exact) mass is 214 g/mol. The number of ether oxygens (including phenoxy) is 1. The van der Waals surface area contributed by atoms with Gasteiger partial charge in [0, 0.05) is 5.56 Å². The van der Waals surface area contributed by atoms with E-state index in [-0.39, 0.29) is 17.1 Å². The van der Waals surface area contributed by atoms with Gasteiger partial charge in [0.25, 0.3) is 6.43 Å².